The highest BCUT2D eigenvalue weighted by atomic mass is 19.4. The van der Waals surface area contributed by atoms with Gasteiger partial charge in [0.2, 0.25) is 0 Å². The van der Waals surface area contributed by atoms with Crippen molar-refractivity contribution >= 4 is 11.2 Å². The van der Waals surface area contributed by atoms with Crippen LogP contribution in [0.25, 0.3) is 11.2 Å². The molecule has 0 saturated carbocycles. The number of ether oxygens (including phenoxy) is 1. The topological polar surface area (TPSA) is 39.9 Å². The summed E-state index contributed by atoms with van der Waals surface area (Å²) in [6.45, 7) is 2.57. The Morgan fingerprint density at radius 3 is 2.54 bits per heavy atom. The first kappa shape index (κ1) is 16.3. The Bertz CT molecular complexity index is 825. The molecule has 0 N–H and O–H groups in total. The second kappa shape index (κ2) is 6.51. The Labute approximate surface area is 136 Å². The van der Waals surface area contributed by atoms with E-state index in [9.17, 15) is 13.2 Å². The van der Waals surface area contributed by atoms with Gasteiger partial charge in [-0.1, -0.05) is 19.1 Å². The van der Waals surface area contributed by atoms with Crippen LogP contribution in [0.15, 0.2) is 42.6 Å². The summed E-state index contributed by atoms with van der Waals surface area (Å²) in [6, 6.07) is 9.60. The van der Waals surface area contributed by atoms with Gasteiger partial charge >= 0.3 is 6.36 Å². The van der Waals surface area contributed by atoms with E-state index >= 15 is 0 Å². The fourth-order valence-electron chi connectivity index (χ4n) is 2.57. The lowest BCUT2D eigenvalue weighted by Crippen LogP contribution is -2.17. The fourth-order valence-corrected chi connectivity index (χ4v) is 2.57. The number of hydrogen-bond acceptors (Lipinski definition) is 3. The van der Waals surface area contributed by atoms with Gasteiger partial charge < -0.3 is 9.30 Å². The van der Waals surface area contributed by atoms with Gasteiger partial charge in [-0.3, -0.25) is 0 Å². The first-order valence-corrected chi connectivity index (χ1v) is 7.61. The molecule has 0 amide bonds. The lowest BCUT2D eigenvalue weighted by Gasteiger charge is -2.11. The number of aryl methyl sites for hydroxylation is 1. The predicted molar refractivity (Wildman–Crippen MR) is 83.8 cm³/mol. The van der Waals surface area contributed by atoms with E-state index in [1.165, 1.54) is 12.1 Å². The fraction of sp³-hybridized carbons (Fsp3) is 0.294. The smallest absolute Gasteiger partial charge is 0.406 e. The Balaban J connectivity index is 1.88. The Morgan fingerprint density at radius 1 is 1.12 bits per heavy atom. The number of imidazole rings is 1. The Kier molecular flexibility index (Phi) is 4.42. The first-order chi connectivity index (χ1) is 11.5. The van der Waals surface area contributed by atoms with Crippen LogP contribution in [0.2, 0.25) is 0 Å². The first-order valence-electron chi connectivity index (χ1n) is 7.61. The van der Waals surface area contributed by atoms with Crippen molar-refractivity contribution in [1.29, 1.82) is 0 Å². The summed E-state index contributed by atoms with van der Waals surface area (Å²) in [5.41, 5.74) is 2.45. The summed E-state index contributed by atoms with van der Waals surface area (Å²) >= 11 is 0. The van der Waals surface area contributed by atoms with E-state index in [2.05, 4.69) is 21.6 Å². The van der Waals surface area contributed by atoms with E-state index in [1.54, 1.807) is 18.3 Å². The molecule has 7 heteroatoms. The molecule has 2 heterocycles. The second-order valence-corrected chi connectivity index (χ2v) is 5.40. The average Bonchev–Trinajstić information content (AvgIpc) is 2.86. The van der Waals surface area contributed by atoms with Crippen molar-refractivity contribution in [3.8, 4) is 5.75 Å². The van der Waals surface area contributed by atoms with Gasteiger partial charge in [0.1, 0.15) is 17.1 Å². The summed E-state index contributed by atoms with van der Waals surface area (Å²) in [7, 11) is 0. The van der Waals surface area contributed by atoms with Gasteiger partial charge in [0.05, 0.1) is 6.54 Å². The molecule has 0 bridgehead atoms. The molecular weight excluding hydrogens is 319 g/mol. The molecule has 0 aliphatic rings. The number of benzene rings is 1. The van der Waals surface area contributed by atoms with Crippen LogP contribution in [-0.2, 0) is 13.0 Å². The zero-order chi connectivity index (χ0) is 17.2. The molecule has 0 saturated heterocycles. The van der Waals surface area contributed by atoms with Gasteiger partial charge in [0, 0.05) is 12.6 Å². The molecular formula is C17H16F3N3O. The van der Waals surface area contributed by atoms with E-state index in [-0.39, 0.29) is 5.75 Å². The van der Waals surface area contributed by atoms with E-state index in [0.29, 0.717) is 6.54 Å². The van der Waals surface area contributed by atoms with Crippen LogP contribution in [0, 0.1) is 0 Å². The summed E-state index contributed by atoms with van der Waals surface area (Å²) in [6.07, 6.45) is -1.22. The third-order valence-corrected chi connectivity index (χ3v) is 3.55. The number of aromatic nitrogens is 3. The Hall–Kier alpha value is -2.57. The van der Waals surface area contributed by atoms with Crippen molar-refractivity contribution in [2.45, 2.75) is 32.7 Å². The van der Waals surface area contributed by atoms with E-state index in [0.717, 1.165) is 35.4 Å². The third kappa shape index (κ3) is 3.67. The largest absolute Gasteiger partial charge is 0.573 e. The molecule has 2 aromatic heterocycles. The lowest BCUT2D eigenvalue weighted by atomic mass is 10.2. The van der Waals surface area contributed by atoms with Gasteiger partial charge in [-0.15, -0.1) is 13.2 Å². The van der Waals surface area contributed by atoms with Gasteiger partial charge in [0.25, 0.3) is 0 Å². The number of pyridine rings is 1. The number of fused-ring (bicyclic) bond motifs is 1. The van der Waals surface area contributed by atoms with Crippen molar-refractivity contribution in [1.82, 2.24) is 14.5 Å². The molecule has 3 rings (SSSR count). The van der Waals surface area contributed by atoms with Crippen LogP contribution in [0.5, 0.6) is 5.75 Å². The second-order valence-electron chi connectivity index (χ2n) is 5.40. The normalized spacial score (nSPS) is 11.8. The quantitative estimate of drug-likeness (QED) is 0.697. The van der Waals surface area contributed by atoms with E-state index < -0.39 is 6.36 Å². The number of nitrogens with zero attached hydrogens (tertiary/aromatic N) is 3. The molecule has 0 aliphatic heterocycles. The summed E-state index contributed by atoms with van der Waals surface area (Å²) in [5.74, 6) is 0.690. The molecule has 0 fully saturated rings. The number of halogens is 3. The molecule has 4 nitrogen and oxygen atoms in total. The molecule has 0 spiro atoms. The highest BCUT2D eigenvalue weighted by molar-refractivity contribution is 5.71. The highest BCUT2D eigenvalue weighted by Gasteiger charge is 2.30. The van der Waals surface area contributed by atoms with Crippen LogP contribution in [0.3, 0.4) is 0 Å². The SMILES string of the molecule is CCCc1nc2cccnc2n1Cc1ccc(OC(F)(F)F)cc1. The molecule has 126 valence electrons. The minimum atomic E-state index is -4.68. The van der Waals surface area contributed by atoms with Gasteiger partial charge in [-0.25, -0.2) is 9.97 Å². The monoisotopic (exact) mass is 335 g/mol. The van der Waals surface area contributed by atoms with Crippen molar-refractivity contribution in [3.63, 3.8) is 0 Å². The number of hydrogen-bond donors (Lipinski definition) is 0. The van der Waals surface area contributed by atoms with Crippen LogP contribution in [-0.4, -0.2) is 20.9 Å². The van der Waals surface area contributed by atoms with Gasteiger partial charge in [-0.2, -0.15) is 0 Å². The molecule has 1 aromatic carbocycles. The average molecular weight is 335 g/mol. The van der Waals surface area contributed by atoms with Crippen molar-refractivity contribution in [2.75, 3.05) is 0 Å². The minimum absolute atomic E-state index is 0.228. The van der Waals surface area contributed by atoms with Crippen LogP contribution < -0.4 is 4.74 Å². The highest BCUT2D eigenvalue weighted by Crippen LogP contribution is 2.24. The summed E-state index contributed by atoms with van der Waals surface area (Å²) < 4.78 is 42.5. The molecule has 0 atom stereocenters. The van der Waals surface area contributed by atoms with Crippen molar-refractivity contribution in [3.05, 3.63) is 54.0 Å². The zero-order valence-electron chi connectivity index (χ0n) is 13.0. The van der Waals surface area contributed by atoms with Crippen molar-refractivity contribution < 1.29 is 17.9 Å². The Morgan fingerprint density at radius 2 is 1.88 bits per heavy atom. The standard InChI is InChI=1S/C17H16F3N3O/c1-2-4-15-22-14-5-3-10-21-16(14)23(15)11-12-6-8-13(9-7-12)24-17(18,19)20/h3,5-10H,2,4,11H2,1H3. The van der Waals surface area contributed by atoms with Crippen LogP contribution in [0.4, 0.5) is 13.2 Å². The van der Waals surface area contributed by atoms with Crippen LogP contribution >= 0.6 is 0 Å². The molecule has 3 aromatic rings. The van der Waals surface area contributed by atoms with E-state index in [4.69, 9.17) is 0 Å². The van der Waals surface area contributed by atoms with Crippen LogP contribution in [0.1, 0.15) is 24.7 Å². The minimum Gasteiger partial charge on any atom is -0.406 e. The van der Waals surface area contributed by atoms with Gasteiger partial charge in [-0.05, 0) is 36.2 Å². The molecule has 0 radical (unpaired) electrons. The maximum absolute atomic E-state index is 12.2. The molecule has 0 aliphatic carbocycles. The predicted octanol–water partition coefficient (Wildman–Crippen LogP) is 4.33. The maximum Gasteiger partial charge on any atom is 0.573 e. The van der Waals surface area contributed by atoms with Gasteiger partial charge in [0.15, 0.2) is 5.65 Å². The maximum atomic E-state index is 12.2. The summed E-state index contributed by atoms with van der Waals surface area (Å²) in [5, 5.41) is 0. The van der Waals surface area contributed by atoms with Crippen molar-refractivity contribution in [2.24, 2.45) is 0 Å². The van der Waals surface area contributed by atoms with E-state index in [1.807, 2.05) is 16.7 Å². The third-order valence-electron chi connectivity index (χ3n) is 3.55. The molecule has 24 heavy (non-hydrogen) atoms. The number of rotatable bonds is 5. The summed E-state index contributed by atoms with van der Waals surface area (Å²) in [4.78, 5) is 8.96. The number of alkyl halides is 3. The zero-order valence-corrected chi connectivity index (χ0v) is 13.0. The molecule has 0 unspecified atom stereocenters. The lowest BCUT2D eigenvalue weighted by molar-refractivity contribution is -0.274.